The number of thiazole rings is 1. The number of aryl methyl sites for hydroxylation is 1. The Bertz CT molecular complexity index is 1820. The van der Waals surface area contributed by atoms with Crippen molar-refractivity contribution in [3.63, 3.8) is 0 Å². The summed E-state index contributed by atoms with van der Waals surface area (Å²) in [6.07, 6.45) is 4.61. The van der Waals surface area contributed by atoms with E-state index >= 15 is 0 Å². The molecule has 0 N–H and O–H groups in total. The molecule has 0 saturated carbocycles. The van der Waals surface area contributed by atoms with E-state index in [0.717, 1.165) is 56.1 Å². The molecule has 42 heavy (non-hydrogen) atoms. The number of anilines is 3. The summed E-state index contributed by atoms with van der Waals surface area (Å²) in [6.45, 7) is 4.96. The van der Waals surface area contributed by atoms with E-state index in [1.54, 1.807) is 11.3 Å². The van der Waals surface area contributed by atoms with Crippen molar-refractivity contribution in [3.8, 4) is 26.9 Å². The molecular formula is C34H30N4OS3. The van der Waals surface area contributed by atoms with Crippen molar-refractivity contribution in [1.29, 1.82) is 0 Å². The number of para-hydroxylation sites is 2. The number of nitrogens with zero attached hydrogens (tertiary/aromatic N) is 4. The van der Waals surface area contributed by atoms with Crippen LogP contribution in [0.2, 0.25) is 0 Å². The number of benzene rings is 4. The molecule has 5 nitrogen and oxygen atoms in total. The molecule has 0 radical (unpaired) electrons. The molecule has 0 saturated heterocycles. The van der Waals surface area contributed by atoms with Crippen LogP contribution in [0.3, 0.4) is 0 Å². The molecule has 0 aliphatic carbocycles. The second-order valence-electron chi connectivity index (χ2n) is 10.4. The van der Waals surface area contributed by atoms with Gasteiger partial charge in [0.25, 0.3) is 0 Å². The maximum Gasteiger partial charge on any atom is 0.233 e. The molecule has 0 spiro atoms. The van der Waals surface area contributed by atoms with Crippen LogP contribution in [-0.4, -0.2) is 20.3 Å². The topological polar surface area (TPSA) is 51.1 Å². The third-order valence-electron chi connectivity index (χ3n) is 7.50. The number of hydrogen-bond acceptors (Lipinski definition) is 8. The summed E-state index contributed by atoms with van der Waals surface area (Å²) >= 11 is 4.73. The van der Waals surface area contributed by atoms with E-state index in [0.29, 0.717) is 12.5 Å². The third-order valence-corrected chi connectivity index (χ3v) is 10.3. The smallest absolute Gasteiger partial charge is 0.233 e. The number of fused-ring (bicyclic) bond motifs is 3. The van der Waals surface area contributed by atoms with Gasteiger partial charge in [-0.2, -0.15) is 8.75 Å². The van der Waals surface area contributed by atoms with Crippen LogP contribution in [-0.2, 0) is 0 Å². The highest BCUT2D eigenvalue weighted by atomic mass is 32.2. The van der Waals surface area contributed by atoms with Crippen LogP contribution in [0.15, 0.2) is 94.7 Å². The van der Waals surface area contributed by atoms with Crippen molar-refractivity contribution in [2.24, 2.45) is 0 Å². The monoisotopic (exact) mass is 606 g/mol. The van der Waals surface area contributed by atoms with Crippen LogP contribution < -0.4 is 9.64 Å². The number of unbranched alkanes of at least 4 members (excludes halogenated alkanes) is 3. The van der Waals surface area contributed by atoms with Gasteiger partial charge in [0.1, 0.15) is 16.0 Å². The van der Waals surface area contributed by atoms with E-state index in [1.165, 1.54) is 45.7 Å². The molecule has 8 heteroatoms. The Balaban J connectivity index is 1.26. The molecular weight excluding hydrogens is 577 g/mol. The van der Waals surface area contributed by atoms with E-state index in [-0.39, 0.29) is 0 Å². The first kappa shape index (κ1) is 27.1. The molecule has 0 unspecified atom stereocenters. The molecule has 1 aliphatic heterocycles. The summed E-state index contributed by atoms with van der Waals surface area (Å²) in [4.78, 5) is 10.9. The molecule has 0 amide bonds. The van der Waals surface area contributed by atoms with Gasteiger partial charge in [0, 0.05) is 21.0 Å². The molecule has 0 fully saturated rings. The van der Waals surface area contributed by atoms with Crippen molar-refractivity contribution in [2.45, 2.75) is 49.3 Å². The summed E-state index contributed by atoms with van der Waals surface area (Å²) in [6, 6.07) is 30.2. The molecule has 1 aliphatic rings. The minimum atomic E-state index is 0.662. The lowest BCUT2D eigenvalue weighted by Crippen LogP contribution is -2.14. The molecule has 2 aromatic heterocycles. The summed E-state index contributed by atoms with van der Waals surface area (Å²) in [7, 11) is 0. The number of hydrogen-bond donors (Lipinski definition) is 0. The average Bonchev–Trinajstić information content (AvgIpc) is 3.69. The fourth-order valence-electron chi connectivity index (χ4n) is 5.31. The van der Waals surface area contributed by atoms with Crippen LogP contribution in [0.25, 0.3) is 32.0 Å². The van der Waals surface area contributed by atoms with E-state index in [4.69, 9.17) is 9.72 Å². The van der Waals surface area contributed by atoms with Gasteiger partial charge in [-0.15, -0.1) is 11.3 Å². The first-order valence-corrected chi connectivity index (χ1v) is 16.7. The predicted octanol–water partition coefficient (Wildman–Crippen LogP) is 10.7. The Morgan fingerprint density at radius 2 is 1.48 bits per heavy atom. The Morgan fingerprint density at radius 3 is 2.21 bits per heavy atom. The second kappa shape index (κ2) is 11.9. The van der Waals surface area contributed by atoms with Gasteiger partial charge in [0.15, 0.2) is 0 Å². The van der Waals surface area contributed by atoms with E-state index in [9.17, 15) is 0 Å². The summed E-state index contributed by atoms with van der Waals surface area (Å²) in [5.74, 6) is 0.696. The molecule has 4 aromatic carbocycles. The lowest BCUT2D eigenvalue weighted by Gasteiger charge is -2.32. The SMILES string of the molecule is CCCCCCOc1nc(-c2ccc(C)c3nsnc23)sc1-c1ccc(N2c3ccccc3Sc3ccccc32)cc1. The first-order valence-electron chi connectivity index (χ1n) is 14.3. The third kappa shape index (κ3) is 5.08. The average molecular weight is 607 g/mol. The number of ether oxygens (including phenoxy) is 1. The number of aromatic nitrogens is 3. The van der Waals surface area contributed by atoms with E-state index in [2.05, 4.69) is 112 Å². The molecule has 0 bridgehead atoms. The minimum absolute atomic E-state index is 0.662. The Hall–Kier alpha value is -3.72. The van der Waals surface area contributed by atoms with Crippen molar-refractivity contribution >= 4 is 62.9 Å². The lowest BCUT2D eigenvalue weighted by atomic mass is 10.1. The van der Waals surface area contributed by atoms with Gasteiger partial charge in [-0.25, -0.2) is 4.98 Å². The Morgan fingerprint density at radius 1 is 0.762 bits per heavy atom. The lowest BCUT2D eigenvalue weighted by molar-refractivity contribution is 0.297. The molecule has 210 valence electrons. The Kier molecular flexibility index (Phi) is 7.67. The zero-order chi connectivity index (χ0) is 28.5. The van der Waals surface area contributed by atoms with Crippen molar-refractivity contribution in [2.75, 3.05) is 11.5 Å². The van der Waals surface area contributed by atoms with Gasteiger partial charge in [0.2, 0.25) is 5.88 Å². The van der Waals surface area contributed by atoms with Crippen LogP contribution in [0.5, 0.6) is 5.88 Å². The van der Waals surface area contributed by atoms with Crippen molar-refractivity contribution < 1.29 is 4.74 Å². The summed E-state index contributed by atoms with van der Waals surface area (Å²) < 4.78 is 15.5. The quantitative estimate of drug-likeness (QED) is 0.152. The van der Waals surface area contributed by atoms with Crippen molar-refractivity contribution in [3.05, 3.63) is 90.5 Å². The molecule has 7 rings (SSSR count). The van der Waals surface area contributed by atoms with Crippen LogP contribution >= 0.6 is 34.8 Å². The number of rotatable bonds is 9. The van der Waals surface area contributed by atoms with Gasteiger partial charge in [-0.05, 0) is 66.9 Å². The van der Waals surface area contributed by atoms with E-state index in [1.807, 2.05) is 11.8 Å². The predicted molar refractivity (Wildman–Crippen MR) is 177 cm³/mol. The van der Waals surface area contributed by atoms with Crippen LogP contribution in [0.4, 0.5) is 17.1 Å². The maximum absolute atomic E-state index is 6.35. The second-order valence-corrected chi connectivity index (χ2v) is 13.0. The van der Waals surface area contributed by atoms with Gasteiger partial charge in [0.05, 0.1) is 34.6 Å². The Labute approximate surface area is 258 Å². The zero-order valence-electron chi connectivity index (χ0n) is 23.5. The summed E-state index contributed by atoms with van der Waals surface area (Å²) in [5.41, 5.74) is 8.61. The highest BCUT2D eigenvalue weighted by Gasteiger charge is 2.25. The first-order chi connectivity index (χ1) is 20.7. The fraction of sp³-hybridized carbons (Fsp3) is 0.206. The van der Waals surface area contributed by atoms with E-state index < -0.39 is 0 Å². The van der Waals surface area contributed by atoms with Gasteiger partial charge >= 0.3 is 0 Å². The fourth-order valence-corrected chi connectivity index (χ4v) is 8.03. The van der Waals surface area contributed by atoms with Crippen LogP contribution in [0.1, 0.15) is 38.2 Å². The highest BCUT2D eigenvalue weighted by molar-refractivity contribution is 7.99. The summed E-state index contributed by atoms with van der Waals surface area (Å²) in [5, 5.41) is 0.909. The molecule has 6 aromatic rings. The van der Waals surface area contributed by atoms with Gasteiger partial charge < -0.3 is 9.64 Å². The van der Waals surface area contributed by atoms with Gasteiger partial charge in [-0.3, -0.25) is 0 Å². The molecule has 0 atom stereocenters. The maximum atomic E-state index is 6.35. The normalized spacial score (nSPS) is 12.4. The minimum Gasteiger partial charge on any atom is -0.477 e. The van der Waals surface area contributed by atoms with Crippen molar-refractivity contribution in [1.82, 2.24) is 13.7 Å². The van der Waals surface area contributed by atoms with Gasteiger partial charge in [-0.1, -0.05) is 80.4 Å². The largest absolute Gasteiger partial charge is 0.477 e. The zero-order valence-corrected chi connectivity index (χ0v) is 26.0. The molecule has 3 heterocycles. The standard InChI is InChI=1S/C34H30N4OS3/c1-3-4-5-10-21-39-33-32(41-34(35-33)25-20-15-22(2)30-31(25)37-42-36-30)23-16-18-24(19-17-23)38-26-11-6-8-13-28(26)40-29-14-9-7-12-27(29)38/h6-9,11-20H,3-5,10,21H2,1-2H3. The van der Waals surface area contributed by atoms with Crippen LogP contribution in [0, 0.1) is 6.92 Å². The highest BCUT2D eigenvalue weighted by Crippen LogP contribution is 2.51.